The summed E-state index contributed by atoms with van der Waals surface area (Å²) < 4.78 is 79.7. The number of amides is 1. The minimum absolute atomic E-state index is 0.0602. The zero-order chi connectivity index (χ0) is 22.4. The van der Waals surface area contributed by atoms with E-state index in [-0.39, 0.29) is 21.2 Å². The molecule has 0 bridgehead atoms. The molecule has 3 rings (SSSR count). The van der Waals surface area contributed by atoms with Crippen LogP contribution in [0, 0.1) is 0 Å². The number of piperidine rings is 1. The lowest BCUT2D eigenvalue weighted by Gasteiger charge is -2.30. The van der Waals surface area contributed by atoms with Gasteiger partial charge >= 0.3 is 5.91 Å². The summed E-state index contributed by atoms with van der Waals surface area (Å²) in [5, 5.41) is -0.0602. The molecule has 1 aromatic carbocycles. The lowest BCUT2D eigenvalue weighted by molar-refractivity contribution is -0.114. The van der Waals surface area contributed by atoms with Gasteiger partial charge in [0.25, 0.3) is 5.78 Å². The number of Topliss-reactive ketones (excluding diaryl/α,β-unsaturated/α-hetero) is 1. The van der Waals surface area contributed by atoms with E-state index in [4.69, 9.17) is 25.3 Å². The van der Waals surface area contributed by atoms with Crippen LogP contribution in [0.1, 0.15) is 43.2 Å². The molecular weight excluding hydrogens is 264 g/mol. The van der Waals surface area contributed by atoms with Crippen molar-refractivity contribution in [3.63, 3.8) is 0 Å². The minimum Gasteiger partial charge on any atom is -0.291 e. The van der Waals surface area contributed by atoms with Gasteiger partial charge in [-0.1, -0.05) is 24.0 Å². The van der Waals surface area contributed by atoms with E-state index in [9.17, 15) is 9.59 Å². The number of hydrogen-bond donors (Lipinski definition) is 0. The van der Waals surface area contributed by atoms with Crippen LogP contribution < -0.4 is 4.90 Å². The van der Waals surface area contributed by atoms with E-state index in [0.717, 1.165) is 0 Å². The third-order valence-electron chi connectivity index (χ3n) is 2.74. The minimum atomic E-state index is -3.56. The first-order valence-electron chi connectivity index (χ1n) is 10.4. The highest BCUT2D eigenvalue weighted by atomic mass is 35.5. The van der Waals surface area contributed by atoms with E-state index in [1.165, 1.54) is 18.2 Å². The lowest BCUT2D eigenvalue weighted by Crippen LogP contribution is -2.43. The maximum Gasteiger partial charge on any atom is 0.300 e. The average molecular weight is 289 g/mol. The standard InChI is InChI=1S/C14H15ClN2O2/c15-10-5-4-6-11-12(10)13(18)14(19)17(11)9-16-7-2-1-3-8-16/h4-6H,1-3,7-9H2/i1D2,2D2,3D2,7D2,8D2. The Labute approximate surface area is 131 Å². The van der Waals surface area contributed by atoms with Gasteiger partial charge in [-0.05, 0) is 37.9 Å². The quantitative estimate of drug-likeness (QED) is 0.784. The number of hydrogen-bond acceptors (Lipinski definition) is 3. The van der Waals surface area contributed by atoms with E-state index in [1.807, 2.05) is 0 Å². The fourth-order valence-corrected chi connectivity index (χ4v) is 2.16. The Morgan fingerprint density at radius 3 is 2.68 bits per heavy atom. The van der Waals surface area contributed by atoms with Gasteiger partial charge in [0.15, 0.2) is 0 Å². The van der Waals surface area contributed by atoms with Gasteiger partial charge in [0.05, 0.1) is 22.9 Å². The van der Waals surface area contributed by atoms with Crippen LogP contribution in [0.15, 0.2) is 18.2 Å². The molecule has 4 nitrogen and oxygen atoms in total. The van der Waals surface area contributed by atoms with Crippen LogP contribution in [-0.4, -0.2) is 36.3 Å². The summed E-state index contributed by atoms with van der Waals surface area (Å²) in [6.07, 6.45) is -10.6. The number of nitrogens with zero attached hydrogens (tertiary/aromatic N) is 2. The van der Waals surface area contributed by atoms with Crippen LogP contribution in [0.25, 0.3) is 0 Å². The highest BCUT2D eigenvalue weighted by Crippen LogP contribution is 2.34. The monoisotopic (exact) mass is 288 g/mol. The van der Waals surface area contributed by atoms with Crippen molar-refractivity contribution in [3.8, 4) is 0 Å². The normalized spacial score (nSPS) is 41.0. The smallest absolute Gasteiger partial charge is 0.291 e. The molecule has 0 radical (unpaired) electrons. The van der Waals surface area contributed by atoms with E-state index >= 15 is 0 Å². The average Bonchev–Trinajstić information content (AvgIpc) is 2.83. The molecule has 1 fully saturated rings. The maximum atomic E-state index is 12.4. The van der Waals surface area contributed by atoms with E-state index in [0.29, 0.717) is 4.90 Å². The third kappa shape index (κ3) is 2.15. The second-order valence-electron chi connectivity index (χ2n) is 3.86. The van der Waals surface area contributed by atoms with Gasteiger partial charge < -0.3 is 0 Å². The Bertz CT molecular complexity index is 890. The SMILES string of the molecule is [2H]C1([2H])N(CN2C(=O)C(=O)c3c(Cl)cccc32)C([2H])([2H])C([2H])([2H])C([2H])([2H])C1([2H])[2H]. The zero-order valence-corrected chi connectivity index (χ0v) is 10.3. The number of fused-ring (bicyclic) bond motifs is 1. The van der Waals surface area contributed by atoms with Gasteiger partial charge in [-0.15, -0.1) is 0 Å². The topological polar surface area (TPSA) is 40.6 Å². The van der Waals surface area contributed by atoms with Crippen molar-refractivity contribution in [1.82, 2.24) is 4.90 Å². The predicted octanol–water partition coefficient (Wildman–Crippen LogP) is 2.31. The molecule has 0 atom stereocenters. The van der Waals surface area contributed by atoms with Gasteiger partial charge in [0, 0.05) is 13.7 Å². The molecule has 2 heterocycles. The first kappa shape index (κ1) is 5.54. The number of likely N-dealkylation sites (tertiary alicyclic amines) is 1. The number of carbonyl (C=O) groups is 2. The summed E-state index contributed by atoms with van der Waals surface area (Å²) in [4.78, 5) is 25.5. The molecule has 0 unspecified atom stereocenters. The maximum absolute atomic E-state index is 12.4. The Morgan fingerprint density at radius 1 is 1.21 bits per heavy atom. The molecular formula is C14H15ClN2O2. The van der Waals surface area contributed by atoms with Gasteiger partial charge in [-0.25, -0.2) is 0 Å². The van der Waals surface area contributed by atoms with Crippen LogP contribution in [0.2, 0.25) is 5.02 Å². The number of carbonyl (C=O) groups excluding carboxylic acids is 2. The van der Waals surface area contributed by atoms with Crippen molar-refractivity contribution in [2.75, 3.05) is 24.6 Å². The Morgan fingerprint density at radius 2 is 1.95 bits per heavy atom. The Balaban J connectivity index is 2.15. The molecule has 0 spiro atoms. The van der Waals surface area contributed by atoms with Gasteiger partial charge in [0.1, 0.15) is 0 Å². The second-order valence-corrected chi connectivity index (χ2v) is 4.27. The van der Waals surface area contributed by atoms with Crippen molar-refractivity contribution < 1.29 is 23.3 Å². The van der Waals surface area contributed by atoms with Gasteiger partial charge in [-0.3, -0.25) is 19.4 Å². The van der Waals surface area contributed by atoms with Crippen LogP contribution in [0.5, 0.6) is 0 Å². The molecule has 1 aromatic rings. The summed E-state index contributed by atoms with van der Waals surface area (Å²) in [6, 6.07) is 4.05. The Hall–Kier alpha value is -1.39. The Kier molecular flexibility index (Phi) is 1.44. The molecule has 1 saturated heterocycles. The molecule has 0 aromatic heterocycles. The molecule has 0 N–H and O–H groups in total. The van der Waals surface area contributed by atoms with Crippen molar-refractivity contribution in [3.05, 3.63) is 28.8 Å². The van der Waals surface area contributed by atoms with Gasteiger partial charge in [0.2, 0.25) is 0 Å². The molecule has 19 heavy (non-hydrogen) atoms. The number of rotatable bonds is 2. The fraction of sp³-hybridized carbons (Fsp3) is 0.429. The second kappa shape index (κ2) is 4.94. The summed E-state index contributed by atoms with van der Waals surface area (Å²) in [5.41, 5.74) is -0.243. The molecule has 2 aliphatic rings. The van der Waals surface area contributed by atoms with Crippen molar-refractivity contribution >= 4 is 29.0 Å². The van der Waals surface area contributed by atoms with Crippen LogP contribution in [0.3, 0.4) is 0 Å². The van der Waals surface area contributed by atoms with E-state index in [2.05, 4.69) is 0 Å². The van der Waals surface area contributed by atoms with Crippen molar-refractivity contribution in [2.24, 2.45) is 0 Å². The van der Waals surface area contributed by atoms with E-state index < -0.39 is 50.5 Å². The molecule has 1 amide bonds. The zero-order valence-electron chi connectivity index (χ0n) is 19.5. The third-order valence-corrected chi connectivity index (χ3v) is 3.05. The predicted molar refractivity (Wildman–Crippen MR) is 73.6 cm³/mol. The number of benzene rings is 1. The van der Waals surface area contributed by atoms with Crippen LogP contribution in [0.4, 0.5) is 5.69 Å². The summed E-state index contributed by atoms with van der Waals surface area (Å²) in [6.45, 7) is -7.83. The highest BCUT2D eigenvalue weighted by molar-refractivity contribution is 6.55. The molecule has 0 aliphatic carbocycles. The van der Waals surface area contributed by atoms with Crippen LogP contribution in [-0.2, 0) is 4.79 Å². The summed E-state index contributed by atoms with van der Waals surface area (Å²) in [7, 11) is 0. The number of anilines is 1. The van der Waals surface area contributed by atoms with Gasteiger partial charge in [-0.2, -0.15) is 0 Å². The highest BCUT2D eigenvalue weighted by Gasteiger charge is 2.38. The molecule has 0 saturated carbocycles. The number of ketones is 1. The summed E-state index contributed by atoms with van der Waals surface area (Å²) >= 11 is 5.95. The molecule has 2 aliphatic heterocycles. The molecule has 100 valence electrons. The first-order chi connectivity index (χ1) is 12.9. The summed E-state index contributed by atoms with van der Waals surface area (Å²) in [5.74, 6) is -2.19. The largest absolute Gasteiger partial charge is 0.300 e. The van der Waals surface area contributed by atoms with Crippen molar-refractivity contribution in [2.45, 2.75) is 19.1 Å². The van der Waals surface area contributed by atoms with E-state index in [1.54, 1.807) is 0 Å². The lowest BCUT2D eigenvalue weighted by atomic mass is 10.1. The van der Waals surface area contributed by atoms with Crippen LogP contribution >= 0.6 is 11.6 Å². The fourth-order valence-electron chi connectivity index (χ4n) is 1.90. The first-order valence-corrected chi connectivity index (χ1v) is 5.75. The number of halogens is 1. The molecule has 5 heteroatoms. The van der Waals surface area contributed by atoms with Crippen molar-refractivity contribution in [1.29, 1.82) is 0 Å².